The molecular formula is C10H10N4S. The Hall–Kier alpha value is -1.49. The molecule has 0 saturated heterocycles. The Balaban J connectivity index is 2.16. The minimum absolute atomic E-state index is 0.522. The summed E-state index contributed by atoms with van der Waals surface area (Å²) < 4.78 is 2.76. The SMILES string of the molecule is S=c1[nH]nc(-c2ccccn2)n1C1CC1. The minimum Gasteiger partial charge on any atom is -0.296 e. The smallest absolute Gasteiger partial charge is 0.195 e. The van der Waals surface area contributed by atoms with Gasteiger partial charge in [-0.3, -0.25) is 14.6 Å². The van der Waals surface area contributed by atoms with E-state index < -0.39 is 0 Å². The van der Waals surface area contributed by atoms with E-state index in [1.54, 1.807) is 6.20 Å². The van der Waals surface area contributed by atoms with Crippen LogP contribution in [0.25, 0.3) is 11.5 Å². The van der Waals surface area contributed by atoms with Crippen molar-refractivity contribution in [3.63, 3.8) is 0 Å². The summed E-state index contributed by atoms with van der Waals surface area (Å²) in [7, 11) is 0. The van der Waals surface area contributed by atoms with Gasteiger partial charge in [-0.15, -0.1) is 0 Å². The molecule has 1 N–H and O–H groups in total. The Morgan fingerprint density at radius 2 is 2.27 bits per heavy atom. The third-order valence-corrected chi connectivity index (χ3v) is 2.80. The standard InChI is InChI=1S/C10H10N4S/c15-10-13-12-9(14(10)7-4-5-7)8-3-1-2-6-11-8/h1-3,6-7H,4-5H2,(H,13,15). The zero-order valence-corrected chi connectivity index (χ0v) is 8.87. The van der Waals surface area contributed by atoms with Crippen LogP contribution in [0.15, 0.2) is 24.4 Å². The lowest BCUT2D eigenvalue weighted by Crippen LogP contribution is -1.98. The summed E-state index contributed by atoms with van der Waals surface area (Å²) in [5.74, 6) is 0.850. The summed E-state index contributed by atoms with van der Waals surface area (Å²) in [5, 5.41) is 7.06. The van der Waals surface area contributed by atoms with Crippen LogP contribution in [0.1, 0.15) is 18.9 Å². The molecule has 0 amide bonds. The highest BCUT2D eigenvalue weighted by atomic mass is 32.1. The van der Waals surface area contributed by atoms with Crippen LogP contribution in [-0.4, -0.2) is 19.7 Å². The number of hydrogen-bond donors (Lipinski definition) is 1. The van der Waals surface area contributed by atoms with E-state index in [1.165, 1.54) is 12.8 Å². The molecule has 0 aliphatic heterocycles. The molecule has 2 aromatic heterocycles. The van der Waals surface area contributed by atoms with Gasteiger partial charge in [0.05, 0.1) is 0 Å². The fourth-order valence-electron chi connectivity index (χ4n) is 1.65. The minimum atomic E-state index is 0.522. The van der Waals surface area contributed by atoms with Gasteiger partial charge in [0, 0.05) is 12.2 Å². The highest BCUT2D eigenvalue weighted by molar-refractivity contribution is 7.71. The van der Waals surface area contributed by atoms with Crippen molar-refractivity contribution >= 4 is 12.2 Å². The van der Waals surface area contributed by atoms with Crippen molar-refractivity contribution in [2.45, 2.75) is 18.9 Å². The fraction of sp³-hybridized carbons (Fsp3) is 0.300. The Kier molecular flexibility index (Phi) is 1.92. The second-order valence-corrected chi connectivity index (χ2v) is 4.06. The molecular weight excluding hydrogens is 208 g/mol. The Morgan fingerprint density at radius 3 is 2.93 bits per heavy atom. The summed E-state index contributed by atoms with van der Waals surface area (Å²) in [4.78, 5) is 4.28. The lowest BCUT2D eigenvalue weighted by molar-refractivity contribution is 0.733. The number of aromatic nitrogens is 4. The molecule has 2 heterocycles. The number of rotatable bonds is 2. The third kappa shape index (κ3) is 1.48. The van der Waals surface area contributed by atoms with Crippen molar-refractivity contribution in [2.75, 3.05) is 0 Å². The average molecular weight is 218 g/mol. The number of hydrogen-bond acceptors (Lipinski definition) is 3. The van der Waals surface area contributed by atoms with Gasteiger partial charge < -0.3 is 0 Å². The molecule has 0 bridgehead atoms. The second kappa shape index (κ2) is 3.27. The zero-order chi connectivity index (χ0) is 10.3. The quantitative estimate of drug-likeness (QED) is 0.787. The van der Waals surface area contributed by atoms with Crippen LogP contribution in [0.4, 0.5) is 0 Å². The van der Waals surface area contributed by atoms with Crippen LogP contribution in [-0.2, 0) is 0 Å². The molecule has 0 aromatic carbocycles. The van der Waals surface area contributed by atoms with E-state index in [-0.39, 0.29) is 0 Å². The van der Waals surface area contributed by atoms with Crippen LogP contribution in [0, 0.1) is 4.77 Å². The molecule has 1 saturated carbocycles. The molecule has 1 fully saturated rings. The van der Waals surface area contributed by atoms with Gasteiger partial charge in [0.15, 0.2) is 10.6 Å². The first-order chi connectivity index (χ1) is 7.36. The summed E-state index contributed by atoms with van der Waals surface area (Å²) in [5.41, 5.74) is 0.872. The van der Waals surface area contributed by atoms with Crippen molar-refractivity contribution < 1.29 is 0 Å². The van der Waals surface area contributed by atoms with Crippen molar-refractivity contribution in [3.8, 4) is 11.5 Å². The Labute approximate surface area is 92.0 Å². The third-order valence-electron chi connectivity index (χ3n) is 2.51. The van der Waals surface area contributed by atoms with Gasteiger partial charge in [-0.2, -0.15) is 5.10 Å². The van der Waals surface area contributed by atoms with Crippen LogP contribution in [0.5, 0.6) is 0 Å². The Morgan fingerprint density at radius 1 is 1.40 bits per heavy atom. The van der Waals surface area contributed by atoms with E-state index in [4.69, 9.17) is 12.2 Å². The fourth-order valence-corrected chi connectivity index (χ4v) is 1.93. The highest BCUT2D eigenvalue weighted by Crippen LogP contribution is 2.37. The van der Waals surface area contributed by atoms with E-state index in [0.717, 1.165) is 11.5 Å². The highest BCUT2D eigenvalue weighted by Gasteiger charge is 2.27. The zero-order valence-electron chi connectivity index (χ0n) is 8.05. The van der Waals surface area contributed by atoms with Gasteiger partial charge in [0.25, 0.3) is 0 Å². The van der Waals surface area contributed by atoms with Gasteiger partial charge >= 0.3 is 0 Å². The topological polar surface area (TPSA) is 46.5 Å². The molecule has 2 aromatic rings. The van der Waals surface area contributed by atoms with E-state index in [1.807, 2.05) is 18.2 Å². The summed E-state index contributed by atoms with van der Waals surface area (Å²) >= 11 is 5.21. The molecule has 0 radical (unpaired) electrons. The maximum absolute atomic E-state index is 5.21. The lowest BCUT2D eigenvalue weighted by Gasteiger charge is -2.02. The maximum Gasteiger partial charge on any atom is 0.195 e. The van der Waals surface area contributed by atoms with Crippen LogP contribution in [0.3, 0.4) is 0 Å². The van der Waals surface area contributed by atoms with Gasteiger partial charge in [-0.05, 0) is 37.2 Å². The number of nitrogens with one attached hydrogen (secondary N) is 1. The van der Waals surface area contributed by atoms with Crippen LogP contribution >= 0.6 is 12.2 Å². The molecule has 4 nitrogen and oxygen atoms in total. The van der Waals surface area contributed by atoms with E-state index >= 15 is 0 Å². The molecule has 0 unspecified atom stereocenters. The first-order valence-corrected chi connectivity index (χ1v) is 5.35. The molecule has 76 valence electrons. The van der Waals surface area contributed by atoms with Gasteiger partial charge in [-0.25, -0.2) is 0 Å². The second-order valence-electron chi connectivity index (χ2n) is 3.67. The van der Waals surface area contributed by atoms with Crippen molar-refractivity contribution in [1.29, 1.82) is 0 Å². The van der Waals surface area contributed by atoms with Gasteiger partial charge in [-0.1, -0.05) is 6.07 Å². The lowest BCUT2D eigenvalue weighted by atomic mass is 10.3. The van der Waals surface area contributed by atoms with Crippen LogP contribution < -0.4 is 0 Å². The summed E-state index contributed by atoms with van der Waals surface area (Å²) in [6.07, 6.45) is 4.14. The largest absolute Gasteiger partial charge is 0.296 e. The molecule has 5 heteroatoms. The van der Waals surface area contributed by atoms with Crippen molar-refractivity contribution in [1.82, 2.24) is 19.7 Å². The van der Waals surface area contributed by atoms with E-state index in [2.05, 4.69) is 19.7 Å². The molecule has 15 heavy (non-hydrogen) atoms. The number of aromatic amines is 1. The number of H-pyrrole nitrogens is 1. The maximum atomic E-state index is 5.21. The molecule has 1 aliphatic rings. The van der Waals surface area contributed by atoms with Gasteiger partial charge in [0.2, 0.25) is 0 Å². The predicted molar refractivity (Wildman–Crippen MR) is 58.9 cm³/mol. The summed E-state index contributed by atoms with van der Waals surface area (Å²) in [6, 6.07) is 6.32. The molecule has 1 aliphatic carbocycles. The number of nitrogens with zero attached hydrogens (tertiary/aromatic N) is 3. The molecule has 3 rings (SSSR count). The summed E-state index contributed by atoms with van der Waals surface area (Å²) in [6.45, 7) is 0. The average Bonchev–Trinajstić information content (AvgIpc) is 3.03. The Bertz CT molecular complexity index is 524. The first-order valence-electron chi connectivity index (χ1n) is 4.94. The number of pyridine rings is 1. The first kappa shape index (κ1) is 8.79. The molecule has 0 spiro atoms. The van der Waals surface area contributed by atoms with Crippen molar-refractivity contribution in [3.05, 3.63) is 29.2 Å². The van der Waals surface area contributed by atoms with Gasteiger partial charge in [0.1, 0.15) is 5.69 Å². The van der Waals surface area contributed by atoms with E-state index in [0.29, 0.717) is 10.8 Å². The predicted octanol–water partition coefficient (Wildman–Crippen LogP) is 2.34. The van der Waals surface area contributed by atoms with Crippen molar-refractivity contribution in [2.24, 2.45) is 0 Å². The monoisotopic (exact) mass is 218 g/mol. The van der Waals surface area contributed by atoms with Crippen LogP contribution in [0.2, 0.25) is 0 Å². The normalized spacial score (nSPS) is 15.5. The van der Waals surface area contributed by atoms with E-state index in [9.17, 15) is 0 Å². The molecule has 0 atom stereocenters.